The summed E-state index contributed by atoms with van der Waals surface area (Å²) in [6.07, 6.45) is -0.507. The number of carbonyl (C=O) groups excluding carboxylic acids is 1. The summed E-state index contributed by atoms with van der Waals surface area (Å²) in [7, 11) is 0. The number of benzene rings is 1. The Labute approximate surface area is 123 Å². The van der Waals surface area contributed by atoms with E-state index < -0.39 is 29.9 Å². The van der Waals surface area contributed by atoms with Crippen molar-refractivity contribution < 1.29 is 23.5 Å². The molecule has 0 radical (unpaired) electrons. The Kier molecular flexibility index (Phi) is 4.32. The lowest BCUT2D eigenvalue weighted by Gasteiger charge is -2.08. The van der Waals surface area contributed by atoms with E-state index in [0.29, 0.717) is 5.56 Å². The van der Waals surface area contributed by atoms with Gasteiger partial charge in [-0.3, -0.25) is 4.79 Å². The molecule has 0 atom stereocenters. The second-order valence-electron chi connectivity index (χ2n) is 4.35. The lowest BCUT2D eigenvalue weighted by molar-refractivity contribution is -0.115. The number of aryl methyl sites for hydroxylation is 1. The van der Waals surface area contributed by atoms with Crippen molar-refractivity contribution in [2.24, 2.45) is 0 Å². The minimum Gasteiger partial charge on any atom is -0.477 e. The van der Waals surface area contributed by atoms with E-state index in [4.69, 9.17) is 5.11 Å². The van der Waals surface area contributed by atoms with Crippen molar-refractivity contribution in [3.63, 3.8) is 0 Å². The van der Waals surface area contributed by atoms with Crippen molar-refractivity contribution in [1.29, 1.82) is 0 Å². The van der Waals surface area contributed by atoms with Crippen molar-refractivity contribution in [3.05, 3.63) is 51.2 Å². The maximum atomic E-state index is 13.5. The molecule has 0 fully saturated rings. The van der Waals surface area contributed by atoms with Crippen LogP contribution in [0.15, 0.2) is 23.6 Å². The number of halogens is 2. The summed E-state index contributed by atoms with van der Waals surface area (Å²) in [4.78, 5) is 22.9. The molecular formula is C14H11F2NO3S. The fourth-order valence-electron chi connectivity index (χ4n) is 1.80. The fourth-order valence-corrected chi connectivity index (χ4v) is 2.65. The number of nitrogens with one attached hydrogen (secondary N) is 1. The first-order valence-electron chi connectivity index (χ1n) is 5.94. The summed E-state index contributed by atoms with van der Waals surface area (Å²) in [6, 6.07) is 3.33. The van der Waals surface area contributed by atoms with Gasteiger partial charge in [-0.25, -0.2) is 13.6 Å². The maximum absolute atomic E-state index is 13.5. The molecule has 0 unspecified atom stereocenters. The number of anilines is 1. The minimum atomic E-state index is -1.17. The molecule has 0 aliphatic rings. The molecule has 2 rings (SSSR count). The highest BCUT2D eigenvalue weighted by molar-refractivity contribution is 7.12. The molecule has 110 valence electrons. The molecule has 0 aliphatic heterocycles. The predicted octanol–water partition coefficient (Wildman–Crippen LogP) is 3.21. The van der Waals surface area contributed by atoms with E-state index in [1.807, 2.05) is 0 Å². The quantitative estimate of drug-likeness (QED) is 0.911. The van der Waals surface area contributed by atoms with Gasteiger partial charge in [0.2, 0.25) is 5.91 Å². The van der Waals surface area contributed by atoms with Crippen molar-refractivity contribution in [2.45, 2.75) is 13.3 Å². The van der Waals surface area contributed by atoms with E-state index in [-0.39, 0.29) is 16.1 Å². The highest BCUT2D eigenvalue weighted by Gasteiger charge is 2.19. The molecule has 0 aliphatic carbocycles. The first kappa shape index (κ1) is 15.1. The molecule has 4 nitrogen and oxygen atoms in total. The van der Waals surface area contributed by atoms with Gasteiger partial charge in [0, 0.05) is 5.56 Å². The van der Waals surface area contributed by atoms with Crippen LogP contribution in [0.1, 0.15) is 20.8 Å². The SMILES string of the molecule is Cc1csc(C(=O)O)c1NC(=O)Cc1c(F)cccc1F. The van der Waals surface area contributed by atoms with Gasteiger partial charge in [0.25, 0.3) is 0 Å². The number of carboxylic acids is 1. The van der Waals surface area contributed by atoms with Crippen molar-refractivity contribution in [2.75, 3.05) is 5.32 Å². The largest absolute Gasteiger partial charge is 0.477 e. The van der Waals surface area contributed by atoms with Crippen LogP contribution in [-0.4, -0.2) is 17.0 Å². The molecule has 1 aromatic carbocycles. The Morgan fingerprint density at radius 2 is 1.90 bits per heavy atom. The number of carboxylic acid groups (broad SMARTS) is 1. The molecule has 0 saturated carbocycles. The van der Waals surface area contributed by atoms with Gasteiger partial charge in [0.15, 0.2) is 0 Å². The van der Waals surface area contributed by atoms with Gasteiger partial charge in [-0.15, -0.1) is 11.3 Å². The van der Waals surface area contributed by atoms with E-state index in [9.17, 15) is 18.4 Å². The van der Waals surface area contributed by atoms with Crippen molar-refractivity contribution in [1.82, 2.24) is 0 Å². The van der Waals surface area contributed by atoms with Gasteiger partial charge >= 0.3 is 5.97 Å². The van der Waals surface area contributed by atoms with Gasteiger partial charge in [-0.05, 0) is 30.0 Å². The van der Waals surface area contributed by atoms with E-state index in [1.54, 1.807) is 12.3 Å². The van der Waals surface area contributed by atoms with Crippen molar-refractivity contribution >= 4 is 28.9 Å². The van der Waals surface area contributed by atoms with Gasteiger partial charge in [-0.2, -0.15) is 0 Å². The van der Waals surface area contributed by atoms with Crippen LogP contribution in [-0.2, 0) is 11.2 Å². The molecule has 1 amide bonds. The molecule has 0 spiro atoms. The minimum absolute atomic E-state index is 0.0187. The summed E-state index contributed by atoms with van der Waals surface area (Å²) in [5, 5.41) is 13.0. The zero-order valence-electron chi connectivity index (χ0n) is 10.9. The van der Waals surface area contributed by atoms with Gasteiger partial charge < -0.3 is 10.4 Å². The van der Waals surface area contributed by atoms with Crippen molar-refractivity contribution in [3.8, 4) is 0 Å². The number of thiophene rings is 1. The van der Waals surface area contributed by atoms with E-state index >= 15 is 0 Å². The maximum Gasteiger partial charge on any atom is 0.348 e. The average molecular weight is 311 g/mol. The number of amides is 1. The Hall–Kier alpha value is -2.28. The summed E-state index contributed by atoms with van der Waals surface area (Å²) in [5.74, 6) is -3.47. The first-order chi connectivity index (χ1) is 9.90. The number of rotatable bonds is 4. The molecule has 21 heavy (non-hydrogen) atoms. The topological polar surface area (TPSA) is 66.4 Å². The fraction of sp³-hybridized carbons (Fsp3) is 0.143. The third-order valence-corrected chi connectivity index (χ3v) is 3.92. The second kappa shape index (κ2) is 6.01. The zero-order chi connectivity index (χ0) is 15.6. The third kappa shape index (κ3) is 3.25. The van der Waals surface area contributed by atoms with Gasteiger partial charge in [0.05, 0.1) is 12.1 Å². The highest BCUT2D eigenvalue weighted by Crippen LogP contribution is 2.27. The van der Waals surface area contributed by atoms with Crippen LogP contribution in [0.4, 0.5) is 14.5 Å². The Morgan fingerprint density at radius 1 is 1.29 bits per heavy atom. The second-order valence-corrected chi connectivity index (χ2v) is 5.23. The Balaban J connectivity index is 2.20. The molecule has 1 heterocycles. The number of carbonyl (C=O) groups is 2. The number of hydrogen-bond acceptors (Lipinski definition) is 3. The molecular weight excluding hydrogens is 300 g/mol. The van der Waals surface area contributed by atoms with Crippen LogP contribution in [0, 0.1) is 18.6 Å². The summed E-state index contributed by atoms with van der Waals surface area (Å²) in [5.41, 5.74) is 0.397. The Bertz CT molecular complexity index is 692. The molecule has 0 bridgehead atoms. The number of hydrogen-bond donors (Lipinski definition) is 2. The van der Waals surface area contributed by atoms with Crippen LogP contribution in [0.5, 0.6) is 0 Å². The van der Waals surface area contributed by atoms with Crippen LogP contribution in [0.2, 0.25) is 0 Å². The normalized spacial score (nSPS) is 10.4. The van der Waals surface area contributed by atoms with Crippen LogP contribution >= 0.6 is 11.3 Å². The molecule has 7 heteroatoms. The molecule has 0 saturated heterocycles. The van der Waals surface area contributed by atoms with E-state index in [2.05, 4.69) is 5.32 Å². The molecule has 2 N–H and O–H groups in total. The summed E-state index contributed by atoms with van der Waals surface area (Å²) >= 11 is 0.976. The molecule has 2 aromatic rings. The average Bonchev–Trinajstić information content (AvgIpc) is 2.76. The standard InChI is InChI=1S/C14H11F2NO3S/c1-7-6-21-13(14(19)20)12(7)17-11(18)5-8-9(15)3-2-4-10(8)16/h2-4,6H,5H2,1H3,(H,17,18)(H,19,20). The Morgan fingerprint density at radius 3 is 2.48 bits per heavy atom. The van der Waals surface area contributed by atoms with E-state index in [1.165, 1.54) is 6.07 Å². The van der Waals surface area contributed by atoms with Crippen LogP contribution < -0.4 is 5.32 Å². The molecule has 1 aromatic heterocycles. The van der Waals surface area contributed by atoms with Gasteiger partial charge in [0.1, 0.15) is 16.5 Å². The lowest BCUT2D eigenvalue weighted by Crippen LogP contribution is -2.18. The number of aromatic carboxylic acids is 1. The van der Waals surface area contributed by atoms with Crippen LogP contribution in [0.25, 0.3) is 0 Å². The van der Waals surface area contributed by atoms with Crippen LogP contribution in [0.3, 0.4) is 0 Å². The predicted molar refractivity (Wildman–Crippen MR) is 74.7 cm³/mol. The monoisotopic (exact) mass is 311 g/mol. The third-order valence-electron chi connectivity index (χ3n) is 2.83. The zero-order valence-corrected chi connectivity index (χ0v) is 11.8. The first-order valence-corrected chi connectivity index (χ1v) is 6.82. The highest BCUT2D eigenvalue weighted by atomic mass is 32.1. The smallest absolute Gasteiger partial charge is 0.348 e. The van der Waals surface area contributed by atoms with Gasteiger partial charge in [-0.1, -0.05) is 6.07 Å². The summed E-state index contributed by atoms with van der Waals surface area (Å²) < 4.78 is 26.9. The summed E-state index contributed by atoms with van der Waals surface area (Å²) in [6.45, 7) is 1.64. The lowest BCUT2D eigenvalue weighted by atomic mass is 10.1. The van der Waals surface area contributed by atoms with E-state index in [0.717, 1.165) is 23.5 Å².